The Morgan fingerprint density at radius 3 is 2.94 bits per heavy atom. The number of halogens is 3. The van der Waals surface area contributed by atoms with E-state index in [1.807, 2.05) is 0 Å². The molecule has 7 nitrogen and oxygen atoms in total. The van der Waals surface area contributed by atoms with Crippen LogP contribution in [-0.2, 0) is 6.54 Å². The first-order chi connectivity index (χ1) is 14.8. The van der Waals surface area contributed by atoms with Crippen molar-refractivity contribution in [1.29, 1.82) is 0 Å². The number of nitrogens with one attached hydrogen (secondary N) is 1. The molecule has 1 saturated carbocycles. The van der Waals surface area contributed by atoms with Gasteiger partial charge in [-0.2, -0.15) is 5.10 Å². The van der Waals surface area contributed by atoms with Gasteiger partial charge in [0.25, 0.3) is 0 Å². The summed E-state index contributed by atoms with van der Waals surface area (Å²) in [5.41, 5.74) is 0.692. The van der Waals surface area contributed by atoms with Crippen molar-refractivity contribution in [2.45, 2.75) is 38.2 Å². The van der Waals surface area contributed by atoms with Gasteiger partial charge in [0.2, 0.25) is 5.78 Å². The van der Waals surface area contributed by atoms with Crippen LogP contribution in [0.3, 0.4) is 0 Å². The van der Waals surface area contributed by atoms with Crippen molar-refractivity contribution in [1.82, 2.24) is 19.7 Å². The summed E-state index contributed by atoms with van der Waals surface area (Å²) >= 11 is 3.15. The summed E-state index contributed by atoms with van der Waals surface area (Å²) < 4.78 is 30.4. The Morgan fingerprint density at radius 2 is 2.19 bits per heavy atom. The Bertz CT molecular complexity index is 1110. The number of nitrogens with zero attached hydrogens (tertiary/aromatic N) is 4. The monoisotopic (exact) mass is 491 g/mol. The molecule has 1 fully saturated rings. The van der Waals surface area contributed by atoms with E-state index in [1.165, 1.54) is 23.3 Å². The summed E-state index contributed by atoms with van der Waals surface area (Å²) in [6.45, 7) is 1.92. The molecule has 4 rings (SSSR count). The molecule has 0 amide bonds. The van der Waals surface area contributed by atoms with Gasteiger partial charge in [0.1, 0.15) is 29.8 Å². The Hall–Kier alpha value is -2.72. The number of rotatable bonds is 6. The lowest BCUT2D eigenvalue weighted by Crippen LogP contribution is -2.32. The molecule has 2 N–H and O–H groups in total. The Labute approximate surface area is 185 Å². The standard InChI is InChI=1S/C21H20BrF2N5O2/c1-11-7-16(18(24)19(11)30)27-21-13(8-25-10-26-21)20(31)15-5-6-29(28-15)9-12-3-2-4-14(22)17(12)23/h2-6,8,10-11,16,18-19,30H,7,9H2,1H3,(H,25,26,27)/t11-,16-,18-,19-/m1/s1. The number of carbonyl (C=O) groups excluding carboxylic acids is 1. The number of alkyl halides is 1. The molecule has 0 aliphatic heterocycles. The van der Waals surface area contributed by atoms with Crippen LogP contribution >= 0.6 is 15.9 Å². The molecule has 3 aromatic rings. The quantitative estimate of drug-likeness (QED) is 0.513. The van der Waals surface area contributed by atoms with Crippen LogP contribution < -0.4 is 5.32 Å². The average Bonchev–Trinajstić information content (AvgIpc) is 3.32. The Morgan fingerprint density at radius 1 is 1.39 bits per heavy atom. The van der Waals surface area contributed by atoms with Crippen molar-refractivity contribution < 1.29 is 18.7 Å². The fourth-order valence-electron chi connectivity index (χ4n) is 3.70. The molecule has 1 aromatic carbocycles. The molecule has 0 bridgehead atoms. The summed E-state index contributed by atoms with van der Waals surface area (Å²) in [6.07, 6.45) is 2.06. The predicted octanol–water partition coefficient (Wildman–Crippen LogP) is 3.37. The van der Waals surface area contributed by atoms with Crippen LogP contribution in [0.4, 0.5) is 14.6 Å². The average molecular weight is 492 g/mol. The van der Waals surface area contributed by atoms with Crippen LogP contribution in [0.1, 0.15) is 35.0 Å². The van der Waals surface area contributed by atoms with Crippen molar-refractivity contribution in [2.24, 2.45) is 5.92 Å². The summed E-state index contributed by atoms with van der Waals surface area (Å²) in [7, 11) is 0. The number of aromatic nitrogens is 4. The Balaban J connectivity index is 1.54. The van der Waals surface area contributed by atoms with E-state index in [1.54, 1.807) is 31.3 Å². The lowest BCUT2D eigenvalue weighted by Gasteiger charge is -2.18. The molecule has 0 unspecified atom stereocenters. The number of benzene rings is 1. The highest BCUT2D eigenvalue weighted by Crippen LogP contribution is 2.31. The van der Waals surface area contributed by atoms with Crippen LogP contribution in [0.15, 0.2) is 47.5 Å². The molecule has 31 heavy (non-hydrogen) atoms. The van der Waals surface area contributed by atoms with E-state index in [2.05, 4.69) is 36.3 Å². The van der Waals surface area contributed by atoms with E-state index >= 15 is 0 Å². The SMILES string of the molecule is C[C@@H]1C[C@@H](Nc2ncncc2C(=O)c2ccn(Cc3cccc(Br)c3F)n2)[C@@H](F)[C@@H]1O. The van der Waals surface area contributed by atoms with E-state index in [4.69, 9.17) is 0 Å². The first-order valence-corrected chi connectivity index (χ1v) is 10.5. The lowest BCUT2D eigenvalue weighted by atomic mass is 10.1. The lowest BCUT2D eigenvalue weighted by molar-refractivity contribution is 0.0725. The van der Waals surface area contributed by atoms with E-state index in [0.29, 0.717) is 16.5 Å². The van der Waals surface area contributed by atoms with E-state index in [9.17, 15) is 18.7 Å². The third kappa shape index (κ3) is 4.35. The second-order valence-electron chi connectivity index (χ2n) is 7.62. The molecule has 0 spiro atoms. The first kappa shape index (κ1) is 21.5. The topological polar surface area (TPSA) is 92.9 Å². The van der Waals surface area contributed by atoms with E-state index < -0.39 is 24.1 Å². The van der Waals surface area contributed by atoms with Crippen molar-refractivity contribution in [2.75, 3.05) is 5.32 Å². The van der Waals surface area contributed by atoms with Gasteiger partial charge in [-0.1, -0.05) is 19.1 Å². The third-order valence-corrected chi connectivity index (χ3v) is 6.05. The molecule has 1 aliphatic rings. The molecule has 10 heteroatoms. The fourth-order valence-corrected chi connectivity index (χ4v) is 4.11. The molecule has 2 aromatic heterocycles. The smallest absolute Gasteiger partial charge is 0.218 e. The van der Waals surface area contributed by atoms with Gasteiger partial charge in [-0.25, -0.2) is 18.7 Å². The van der Waals surface area contributed by atoms with Crippen LogP contribution in [0.5, 0.6) is 0 Å². The molecule has 0 radical (unpaired) electrons. The molecular formula is C21H20BrF2N5O2. The van der Waals surface area contributed by atoms with Gasteiger partial charge < -0.3 is 10.4 Å². The minimum absolute atomic E-state index is 0.130. The number of aliphatic hydroxyl groups is 1. The number of hydrogen-bond acceptors (Lipinski definition) is 6. The minimum Gasteiger partial charge on any atom is -0.390 e. The number of anilines is 1. The summed E-state index contributed by atoms with van der Waals surface area (Å²) in [5, 5.41) is 17.1. The molecule has 162 valence electrons. The van der Waals surface area contributed by atoms with Gasteiger partial charge in [-0.15, -0.1) is 0 Å². The highest BCUT2D eigenvalue weighted by atomic mass is 79.9. The number of carbonyl (C=O) groups is 1. The second-order valence-corrected chi connectivity index (χ2v) is 8.48. The largest absolute Gasteiger partial charge is 0.390 e. The highest BCUT2D eigenvalue weighted by molar-refractivity contribution is 9.10. The fraction of sp³-hybridized carbons (Fsp3) is 0.333. The zero-order chi connectivity index (χ0) is 22.1. The van der Waals surface area contributed by atoms with Crippen molar-refractivity contribution in [3.8, 4) is 0 Å². The van der Waals surface area contributed by atoms with Crippen LogP contribution in [0.25, 0.3) is 0 Å². The number of ketones is 1. The van der Waals surface area contributed by atoms with Crippen molar-refractivity contribution in [3.05, 3.63) is 70.1 Å². The number of aliphatic hydroxyl groups excluding tert-OH is 1. The van der Waals surface area contributed by atoms with Gasteiger partial charge >= 0.3 is 0 Å². The second kappa shape index (κ2) is 8.80. The van der Waals surface area contributed by atoms with Gasteiger partial charge in [-0.05, 0) is 40.4 Å². The molecule has 1 aliphatic carbocycles. The molecule has 2 heterocycles. The predicted molar refractivity (Wildman–Crippen MR) is 113 cm³/mol. The van der Waals surface area contributed by atoms with Crippen molar-refractivity contribution >= 4 is 27.5 Å². The maximum Gasteiger partial charge on any atom is 0.218 e. The zero-order valence-electron chi connectivity index (χ0n) is 16.5. The maximum atomic E-state index is 14.4. The minimum atomic E-state index is -1.47. The first-order valence-electron chi connectivity index (χ1n) is 9.75. The van der Waals surface area contributed by atoms with E-state index in [0.717, 1.165) is 0 Å². The van der Waals surface area contributed by atoms with Gasteiger partial charge in [-0.3, -0.25) is 9.48 Å². The molecule has 4 atom stereocenters. The highest BCUT2D eigenvalue weighted by Gasteiger charge is 2.41. The normalized spacial score (nSPS) is 23.1. The van der Waals surface area contributed by atoms with Gasteiger partial charge in [0.15, 0.2) is 0 Å². The molecule has 0 saturated heterocycles. The van der Waals surface area contributed by atoms with E-state index in [-0.39, 0.29) is 35.4 Å². The third-order valence-electron chi connectivity index (χ3n) is 5.44. The summed E-state index contributed by atoms with van der Waals surface area (Å²) in [6, 6.07) is 5.82. The maximum absolute atomic E-state index is 14.4. The number of hydrogen-bond donors (Lipinski definition) is 2. The van der Waals surface area contributed by atoms with Crippen LogP contribution in [0.2, 0.25) is 0 Å². The van der Waals surface area contributed by atoms with Crippen molar-refractivity contribution in [3.63, 3.8) is 0 Å². The van der Waals surface area contributed by atoms with Gasteiger partial charge in [0, 0.05) is 18.0 Å². The molecular weight excluding hydrogens is 472 g/mol. The van der Waals surface area contributed by atoms with Crippen LogP contribution in [-0.4, -0.2) is 49.0 Å². The Kier molecular flexibility index (Phi) is 6.10. The summed E-state index contributed by atoms with van der Waals surface area (Å²) in [5.74, 6) is -0.856. The van der Waals surface area contributed by atoms with Crippen LogP contribution in [0, 0.1) is 11.7 Å². The zero-order valence-corrected chi connectivity index (χ0v) is 18.1. The van der Waals surface area contributed by atoms with Gasteiger partial charge in [0.05, 0.1) is 28.7 Å². The summed E-state index contributed by atoms with van der Waals surface area (Å²) in [4.78, 5) is 21.0.